The standard InChI is InChI=1S/C65H58N3O.Pt/c1-42(2)48-31-32-59(55(38-48)47-23-16-11-17-24-47)68-60-26-18-25-54(61(60)67-63(68)56-40-53(64(3,4)5)41-57(62(56)69)65(6,7)8)51-35-50(44-21-14-10-15-22-44)36-52(37-51)58-39-49(33-34-66-58)46-29-27-45(28-30-46)43-19-12-9-13-20-43;/h9-36,38-42,69H,1-8H3;/q-1;/i42D;. The Hall–Kier alpha value is -7.13. The molecule has 10 aromatic rings. The number of nitrogens with zero attached hydrogens (tertiary/aromatic N) is 3. The first-order chi connectivity index (χ1) is 33.5. The minimum absolute atomic E-state index is 0. The number of para-hydroxylation sites is 1. The van der Waals surface area contributed by atoms with E-state index in [-0.39, 0.29) is 37.6 Å². The van der Waals surface area contributed by atoms with Gasteiger partial charge in [-0.1, -0.05) is 218 Å². The molecule has 0 spiro atoms. The van der Waals surface area contributed by atoms with Gasteiger partial charge in [0.25, 0.3) is 0 Å². The Labute approximate surface area is 429 Å². The summed E-state index contributed by atoms with van der Waals surface area (Å²) in [6.45, 7) is 16.9. The van der Waals surface area contributed by atoms with Crippen LogP contribution in [0.3, 0.4) is 0 Å². The third-order valence-electron chi connectivity index (χ3n) is 13.2. The Morgan fingerprint density at radius 2 is 1.11 bits per heavy atom. The molecule has 5 heteroatoms. The van der Waals surface area contributed by atoms with E-state index < -0.39 is 5.89 Å². The Bertz CT molecular complexity index is 3530. The molecule has 0 aliphatic heterocycles. The molecule has 0 bridgehead atoms. The first-order valence-corrected chi connectivity index (χ1v) is 23.9. The van der Waals surface area contributed by atoms with Crippen LogP contribution in [0.2, 0.25) is 0 Å². The number of aromatic nitrogens is 3. The van der Waals surface area contributed by atoms with Crippen LogP contribution in [0.5, 0.6) is 5.75 Å². The summed E-state index contributed by atoms with van der Waals surface area (Å²) in [6.07, 6.45) is 1.88. The van der Waals surface area contributed by atoms with Gasteiger partial charge in [0.2, 0.25) is 0 Å². The van der Waals surface area contributed by atoms with Crippen LogP contribution < -0.4 is 0 Å². The summed E-state index contributed by atoms with van der Waals surface area (Å²) in [7, 11) is 0. The molecule has 1 N–H and O–H groups in total. The second-order valence-corrected chi connectivity index (χ2v) is 20.4. The number of pyridine rings is 1. The van der Waals surface area contributed by atoms with E-state index in [4.69, 9.17) is 11.3 Å². The fraction of sp³-hybridized carbons (Fsp3) is 0.169. The largest absolute Gasteiger partial charge is 0.507 e. The van der Waals surface area contributed by atoms with Crippen LogP contribution in [-0.2, 0) is 31.9 Å². The van der Waals surface area contributed by atoms with Gasteiger partial charge in [0, 0.05) is 45.5 Å². The first-order valence-electron chi connectivity index (χ1n) is 24.4. The molecule has 0 amide bonds. The number of rotatable bonds is 9. The van der Waals surface area contributed by atoms with Crippen molar-refractivity contribution < 1.29 is 27.5 Å². The molecule has 0 unspecified atom stereocenters. The van der Waals surface area contributed by atoms with Gasteiger partial charge >= 0.3 is 0 Å². The maximum atomic E-state index is 12.6. The SMILES string of the molecule is [2H]C(C)(C)c1ccc(-n2c(-c3cc(C(C)(C)C)cc(C(C)(C)C)c3O)nc3c(-c4[c-]c(-c5cc(-c6ccc(-c7ccccc7)cc6)ccn5)cc(-c5ccccc5)c4)cccc32)c(-c2ccccc2)c1.[Pt]. The number of aromatic hydroxyl groups is 1. The van der Waals surface area contributed by atoms with Gasteiger partial charge in [-0.3, -0.25) is 9.55 Å². The van der Waals surface area contributed by atoms with Crippen LogP contribution in [0.4, 0.5) is 0 Å². The Kier molecular flexibility index (Phi) is 12.9. The van der Waals surface area contributed by atoms with Crippen molar-refractivity contribution in [2.24, 2.45) is 0 Å². The van der Waals surface area contributed by atoms with Crippen LogP contribution in [0.1, 0.15) is 79.3 Å². The quantitative estimate of drug-likeness (QED) is 0.147. The van der Waals surface area contributed by atoms with E-state index in [2.05, 4.69) is 222 Å². The monoisotopic (exact) mass is 1090 g/mol. The molecular weight excluding hydrogens is 1030 g/mol. The van der Waals surface area contributed by atoms with Crippen LogP contribution >= 0.6 is 0 Å². The number of hydrogen-bond donors (Lipinski definition) is 1. The van der Waals surface area contributed by atoms with Crippen LogP contribution in [0, 0.1) is 6.07 Å². The van der Waals surface area contributed by atoms with Crippen molar-refractivity contribution in [2.45, 2.75) is 72.1 Å². The minimum atomic E-state index is -0.839. The van der Waals surface area contributed by atoms with Gasteiger partial charge in [-0.2, -0.15) is 0 Å². The van der Waals surface area contributed by atoms with Gasteiger partial charge < -0.3 is 5.11 Å². The summed E-state index contributed by atoms with van der Waals surface area (Å²) in [5.41, 5.74) is 17.5. The molecule has 0 aliphatic rings. The van der Waals surface area contributed by atoms with Crippen molar-refractivity contribution in [3.8, 4) is 89.7 Å². The fourth-order valence-electron chi connectivity index (χ4n) is 9.34. The van der Waals surface area contributed by atoms with Gasteiger partial charge in [0.05, 0.1) is 22.3 Å². The Morgan fingerprint density at radius 1 is 0.529 bits per heavy atom. The maximum absolute atomic E-state index is 12.6. The second kappa shape index (κ2) is 19.3. The van der Waals surface area contributed by atoms with Gasteiger partial charge in [0.1, 0.15) is 11.6 Å². The van der Waals surface area contributed by atoms with Crippen molar-refractivity contribution >= 4 is 11.0 Å². The molecule has 0 fully saturated rings. The fourth-order valence-corrected chi connectivity index (χ4v) is 9.34. The number of hydrogen-bond acceptors (Lipinski definition) is 3. The summed E-state index contributed by atoms with van der Waals surface area (Å²) in [4.78, 5) is 10.6. The molecule has 0 aliphatic carbocycles. The topological polar surface area (TPSA) is 50.9 Å². The predicted molar refractivity (Wildman–Crippen MR) is 289 cm³/mol. The van der Waals surface area contributed by atoms with E-state index >= 15 is 0 Å². The van der Waals surface area contributed by atoms with E-state index in [0.29, 0.717) is 11.4 Å². The molecule has 2 aromatic heterocycles. The third-order valence-corrected chi connectivity index (χ3v) is 13.2. The van der Waals surface area contributed by atoms with Crippen molar-refractivity contribution in [1.29, 1.82) is 0 Å². The van der Waals surface area contributed by atoms with E-state index in [1.165, 1.54) is 11.1 Å². The molecular formula is C65H58N3OPt-. The van der Waals surface area contributed by atoms with Gasteiger partial charge in [0.15, 0.2) is 0 Å². The van der Waals surface area contributed by atoms with Crippen LogP contribution in [0.25, 0.3) is 95.0 Å². The minimum Gasteiger partial charge on any atom is -0.507 e. The summed E-state index contributed by atoms with van der Waals surface area (Å²) in [6, 6.07) is 69.4. The number of phenolic OH excluding ortho intramolecular Hbond substituents is 1. The smallest absolute Gasteiger partial charge is 0.148 e. The Morgan fingerprint density at radius 3 is 1.73 bits per heavy atom. The normalized spacial score (nSPS) is 12.1. The third kappa shape index (κ3) is 9.46. The number of imidazole rings is 1. The molecule has 0 atom stereocenters. The van der Waals surface area contributed by atoms with E-state index in [1.807, 2.05) is 38.2 Å². The van der Waals surface area contributed by atoms with Crippen molar-refractivity contribution in [3.63, 3.8) is 0 Å². The average Bonchev–Trinajstić information content (AvgIpc) is 3.75. The molecule has 0 saturated heterocycles. The summed E-state index contributed by atoms with van der Waals surface area (Å²) in [5, 5.41) is 12.6. The summed E-state index contributed by atoms with van der Waals surface area (Å²) in [5.74, 6) is -0.00245. The van der Waals surface area contributed by atoms with Crippen molar-refractivity contribution in [3.05, 3.63) is 217 Å². The van der Waals surface area contributed by atoms with Gasteiger partial charge in [-0.15, -0.1) is 23.8 Å². The Balaban J connectivity index is 0.00000624. The second-order valence-electron chi connectivity index (χ2n) is 20.4. The zero-order chi connectivity index (χ0) is 49.0. The van der Waals surface area contributed by atoms with Crippen molar-refractivity contribution in [1.82, 2.24) is 14.5 Å². The van der Waals surface area contributed by atoms with E-state index in [9.17, 15) is 5.11 Å². The summed E-state index contributed by atoms with van der Waals surface area (Å²) >= 11 is 0. The summed E-state index contributed by atoms with van der Waals surface area (Å²) < 4.78 is 11.3. The van der Waals surface area contributed by atoms with Gasteiger partial charge in [-0.25, -0.2) is 4.98 Å². The van der Waals surface area contributed by atoms with E-state index in [1.54, 1.807) is 0 Å². The molecule has 2 heterocycles. The average molecular weight is 1090 g/mol. The molecule has 350 valence electrons. The number of fused-ring (bicyclic) bond motifs is 1. The van der Waals surface area contributed by atoms with Gasteiger partial charge in [-0.05, 0) is 91.6 Å². The van der Waals surface area contributed by atoms with Crippen LogP contribution in [0.15, 0.2) is 194 Å². The molecule has 10 rings (SSSR count). The van der Waals surface area contributed by atoms with Crippen molar-refractivity contribution in [2.75, 3.05) is 0 Å². The van der Waals surface area contributed by atoms with E-state index in [0.717, 1.165) is 89.2 Å². The molecule has 0 radical (unpaired) electrons. The zero-order valence-electron chi connectivity index (χ0n) is 42.1. The number of benzene rings is 8. The van der Waals surface area contributed by atoms with Crippen LogP contribution in [-0.4, -0.2) is 19.6 Å². The molecule has 8 aromatic carbocycles. The maximum Gasteiger partial charge on any atom is 0.148 e. The zero-order valence-corrected chi connectivity index (χ0v) is 43.4. The molecule has 4 nitrogen and oxygen atoms in total. The first kappa shape index (κ1) is 46.6. The molecule has 0 saturated carbocycles. The molecule has 70 heavy (non-hydrogen) atoms. The number of phenols is 1. The predicted octanol–water partition coefficient (Wildman–Crippen LogP) is 17.3.